The average molecular weight is 505 g/mol. The fourth-order valence-electron chi connectivity index (χ4n) is 4.82. The van der Waals surface area contributed by atoms with Crippen molar-refractivity contribution in [3.8, 4) is 11.5 Å². The van der Waals surface area contributed by atoms with Crippen molar-refractivity contribution in [2.24, 2.45) is 0 Å². The van der Waals surface area contributed by atoms with Crippen LogP contribution in [0.3, 0.4) is 0 Å². The van der Waals surface area contributed by atoms with Crippen molar-refractivity contribution in [1.82, 2.24) is 14.8 Å². The molecule has 2 aliphatic heterocycles. The number of amides is 3. The third kappa shape index (κ3) is 4.84. The topological polar surface area (TPSA) is 84.4 Å². The molecule has 3 heterocycles. The summed E-state index contributed by atoms with van der Waals surface area (Å²) < 4.78 is 16.9. The van der Waals surface area contributed by atoms with Gasteiger partial charge in [-0.05, 0) is 43.7 Å². The van der Waals surface area contributed by atoms with E-state index in [4.69, 9.17) is 14.2 Å². The van der Waals surface area contributed by atoms with Crippen molar-refractivity contribution in [2.75, 3.05) is 51.5 Å². The van der Waals surface area contributed by atoms with Gasteiger partial charge in [0.2, 0.25) is 0 Å². The number of imide groups is 1. The summed E-state index contributed by atoms with van der Waals surface area (Å²) >= 11 is 0. The number of pyridine rings is 1. The summed E-state index contributed by atoms with van der Waals surface area (Å²) in [4.78, 5) is 36.8. The fourth-order valence-corrected chi connectivity index (χ4v) is 4.82. The first-order chi connectivity index (χ1) is 17.9. The molecule has 2 saturated heterocycles. The lowest BCUT2D eigenvalue weighted by Crippen LogP contribution is -2.43. The van der Waals surface area contributed by atoms with Crippen LogP contribution in [0.15, 0.2) is 54.7 Å². The molecular formula is C28H32N4O5. The summed E-state index contributed by atoms with van der Waals surface area (Å²) in [6, 6.07) is 14.5. The minimum absolute atomic E-state index is 0.288. The molecule has 3 amide bonds. The maximum absolute atomic E-state index is 13.7. The Morgan fingerprint density at radius 2 is 1.81 bits per heavy atom. The molecule has 0 atom stereocenters. The largest absolute Gasteiger partial charge is 0.493 e. The van der Waals surface area contributed by atoms with Crippen LogP contribution in [-0.2, 0) is 16.1 Å². The van der Waals surface area contributed by atoms with E-state index < -0.39 is 5.54 Å². The number of rotatable bonds is 8. The van der Waals surface area contributed by atoms with Crippen LogP contribution >= 0.6 is 0 Å². The van der Waals surface area contributed by atoms with Gasteiger partial charge in [0.1, 0.15) is 12.1 Å². The number of carbonyl (C=O) groups is 2. The number of carbonyl (C=O) groups excluding carboxylic acids is 2. The Balaban J connectivity index is 1.38. The van der Waals surface area contributed by atoms with Crippen LogP contribution in [-0.4, -0.2) is 78.8 Å². The molecule has 0 N–H and O–H groups in total. The molecule has 3 aromatic rings. The summed E-state index contributed by atoms with van der Waals surface area (Å²) in [6.07, 6.45) is 1.73. The van der Waals surface area contributed by atoms with Gasteiger partial charge in [-0.2, -0.15) is 0 Å². The van der Waals surface area contributed by atoms with Crippen molar-refractivity contribution < 1.29 is 23.8 Å². The van der Waals surface area contributed by atoms with E-state index in [0.29, 0.717) is 23.8 Å². The number of fused-ring (bicyclic) bond motifs is 1. The molecule has 37 heavy (non-hydrogen) atoms. The molecule has 2 fully saturated rings. The van der Waals surface area contributed by atoms with Crippen LogP contribution < -0.4 is 14.4 Å². The molecule has 194 valence electrons. The lowest BCUT2D eigenvalue weighted by atomic mass is 10.0. The number of methoxy groups -OCH3 is 1. The number of ether oxygens (including phenoxy) is 3. The van der Waals surface area contributed by atoms with E-state index in [0.717, 1.165) is 49.3 Å². The molecule has 0 spiro atoms. The minimum atomic E-state index is -1.03. The second-order valence-corrected chi connectivity index (χ2v) is 9.69. The summed E-state index contributed by atoms with van der Waals surface area (Å²) in [5, 5.41) is 0.958. The molecule has 0 aliphatic carbocycles. The number of aromatic nitrogens is 1. The third-order valence-electron chi connectivity index (χ3n) is 7.07. The summed E-state index contributed by atoms with van der Waals surface area (Å²) in [6.45, 7) is 8.23. The molecule has 0 bridgehead atoms. The second kappa shape index (κ2) is 10.4. The standard InChI is InChI=1S/C28H32N4O5/c1-28(2)26(33)32(27(34)31(28)19-20-10-11-29-23-7-5-4-6-22(20)23)21-8-9-24(35-3)25(18-21)37-17-14-30-12-15-36-16-13-30/h4-11,18H,12-17,19H2,1-3H3. The van der Waals surface area contributed by atoms with E-state index in [9.17, 15) is 9.59 Å². The number of nitrogens with zero attached hydrogens (tertiary/aromatic N) is 4. The van der Waals surface area contributed by atoms with Crippen molar-refractivity contribution in [2.45, 2.75) is 25.9 Å². The van der Waals surface area contributed by atoms with Gasteiger partial charge in [-0.1, -0.05) is 18.2 Å². The van der Waals surface area contributed by atoms with Gasteiger partial charge >= 0.3 is 6.03 Å². The predicted molar refractivity (Wildman–Crippen MR) is 140 cm³/mol. The fraction of sp³-hybridized carbons (Fsp3) is 0.393. The molecule has 9 heteroatoms. The molecule has 5 rings (SSSR count). The van der Waals surface area contributed by atoms with E-state index in [2.05, 4.69) is 9.88 Å². The van der Waals surface area contributed by atoms with Crippen molar-refractivity contribution >= 4 is 28.5 Å². The van der Waals surface area contributed by atoms with Gasteiger partial charge in [-0.15, -0.1) is 0 Å². The first-order valence-electron chi connectivity index (χ1n) is 12.5. The highest BCUT2D eigenvalue weighted by Gasteiger charge is 2.52. The lowest BCUT2D eigenvalue weighted by molar-refractivity contribution is -0.123. The molecule has 9 nitrogen and oxygen atoms in total. The Morgan fingerprint density at radius 1 is 1.03 bits per heavy atom. The predicted octanol–water partition coefficient (Wildman–Crippen LogP) is 3.70. The van der Waals surface area contributed by atoms with E-state index in [-0.39, 0.29) is 18.5 Å². The molecular weight excluding hydrogens is 472 g/mol. The number of urea groups is 1. The Kier molecular flexibility index (Phi) is 6.99. The first-order valence-corrected chi connectivity index (χ1v) is 12.5. The highest BCUT2D eigenvalue weighted by molar-refractivity contribution is 6.23. The number of benzene rings is 2. The van der Waals surface area contributed by atoms with Crippen molar-refractivity contribution in [3.05, 3.63) is 60.3 Å². The van der Waals surface area contributed by atoms with Gasteiger partial charge in [-0.25, -0.2) is 9.69 Å². The monoisotopic (exact) mass is 504 g/mol. The molecule has 2 aromatic carbocycles. The number of para-hydroxylation sites is 1. The van der Waals surface area contributed by atoms with Gasteiger partial charge in [0.15, 0.2) is 11.5 Å². The van der Waals surface area contributed by atoms with Gasteiger partial charge < -0.3 is 19.1 Å². The van der Waals surface area contributed by atoms with Crippen molar-refractivity contribution in [3.63, 3.8) is 0 Å². The zero-order valence-corrected chi connectivity index (χ0v) is 21.5. The average Bonchev–Trinajstić information content (AvgIpc) is 3.08. The van der Waals surface area contributed by atoms with Gasteiger partial charge in [-0.3, -0.25) is 14.7 Å². The Morgan fingerprint density at radius 3 is 2.59 bits per heavy atom. The summed E-state index contributed by atoms with van der Waals surface area (Å²) in [5.41, 5.74) is 1.20. The normalized spacial score (nSPS) is 18.0. The van der Waals surface area contributed by atoms with Crippen LogP contribution in [0.1, 0.15) is 19.4 Å². The molecule has 0 radical (unpaired) electrons. The summed E-state index contributed by atoms with van der Waals surface area (Å²) in [7, 11) is 1.57. The van der Waals surface area contributed by atoms with E-state index in [1.807, 2.05) is 30.3 Å². The maximum atomic E-state index is 13.7. The van der Waals surface area contributed by atoms with Crippen LogP contribution in [0.5, 0.6) is 11.5 Å². The van der Waals surface area contributed by atoms with Gasteiger partial charge in [0.05, 0.1) is 31.5 Å². The zero-order chi connectivity index (χ0) is 26.0. The molecule has 0 saturated carbocycles. The quantitative estimate of drug-likeness (QED) is 0.433. The number of hydrogen-bond donors (Lipinski definition) is 0. The highest BCUT2D eigenvalue weighted by atomic mass is 16.5. The molecule has 2 aliphatic rings. The third-order valence-corrected chi connectivity index (χ3v) is 7.07. The summed E-state index contributed by atoms with van der Waals surface area (Å²) in [5.74, 6) is 0.745. The van der Waals surface area contributed by atoms with E-state index in [1.165, 1.54) is 4.90 Å². The number of hydrogen-bond acceptors (Lipinski definition) is 7. The Bertz CT molecular complexity index is 1300. The highest BCUT2D eigenvalue weighted by Crippen LogP contribution is 2.38. The SMILES string of the molecule is COc1ccc(N2C(=O)N(Cc3ccnc4ccccc34)C(C)(C)C2=O)cc1OCCN1CCOCC1. The van der Waals surface area contributed by atoms with Crippen LogP contribution in [0.25, 0.3) is 10.9 Å². The van der Waals surface area contributed by atoms with Gasteiger partial charge in [0, 0.05) is 43.8 Å². The van der Waals surface area contributed by atoms with Gasteiger partial charge in [0.25, 0.3) is 5.91 Å². The first kappa shape index (κ1) is 25.0. The van der Waals surface area contributed by atoms with Crippen molar-refractivity contribution in [1.29, 1.82) is 0 Å². The Labute approximate surface area is 216 Å². The molecule has 1 aromatic heterocycles. The lowest BCUT2D eigenvalue weighted by Gasteiger charge is -2.28. The van der Waals surface area contributed by atoms with Crippen LogP contribution in [0.4, 0.5) is 10.5 Å². The maximum Gasteiger partial charge on any atom is 0.332 e. The zero-order valence-electron chi connectivity index (χ0n) is 21.5. The molecule has 0 unspecified atom stereocenters. The number of morpholine rings is 1. The second-order valence-electron chi connectivity index (χ2n) is 9.69. The number of anilines is 1. The van der Waals surface area contributed by atoms with E-state index >= 15 is 0 Å². The van der Waals surface area contributed by atoms with Crippen LogP contribution in [0, 0.1) is 0 Å². The Hall–Kier alpha value is -3.69. The van der Waals surface area contributed by atoms with Crippen LogP contribution in [0.2, 0.25) is 0 Å². The minimum Gasteiger partial charge on any atom is -0.493 e. The van der Waals surface area contributed by atoms with E-state index in [1.54, 1.807) is 50.3 Å². The smallest absolute Gasteiger partial charge is 0.332 e.